The number of nitriles is 1. The minimum Gasteiger partial charge on any atom is -0.481 e. The zero-order valence-corrected chi connectivity index (χ0v) is 12.4. The Morgan fingerprint density at radius 3 is 3.10 bits per heavy atom. The van der Waals surface area contributed by atoms with E-state index in [1.165, 1.54) is 0 Å². The lowest BCUT2D eigenvalue weighted by molar-refractivity contribution is -0.153. The summed E-state index contributed by atoms with van der Waals surface area (Å²) in [6.07, 6.45) is 4.90. The summed E-state index contributed by atoms with van der Waals surface area (Å²) in [6, 6.07) is 5.70. The molecule has 1 aromatic heterocycles. The van der Waals surface area contributed by atoms with Gasteiger partial charge >= 0.3 is 5.97 Å². The van der Waals surface area contributed by atoms with Gasteiger partial charge < -0.3 is 5.11 Å². The van der Waals surface area contributed by atoms with Gasteiger partial charge in [0.05, 0.1) is 5.41 Å². The van der Waals surface area contributed by atoms with Crippen molar-refractivity contribution < 1.29 is 9.90 Å². The first kappa shape index (κ1) is 15.5. The second-order valence-corrected chi connectivity index (χ2v) is 5.81. The molecule has 2 rings (SSSR count). The SMILES string of the molecule is CCCC1(C(=O)O)CCCN(Cc2ccnc(C#N)c2)C1. The van der Waals surface area contributed by atoms with Crippen molar-refractivity contribution in [2.75, 3.05) is 13.1 Å². The molecule has 112 valence electrons. The van der Waals surface area contributed by atoms with E-state index in [9.17, 15) is 9.90 Å². The predicted molar refractivity (Wildman–Crippen MR) is 78.4 cm³/mol. The predicted octanol–water partition coefficient (Wildman–Crippen LogP) is 2.42. The summed E-state index contributed by atoms with van der Waals surface area (Å²) in [7, 11) is 0. The Morgan fingerprint density at radius 1 is 1.62 bits per heavy atom. The minimum atomic E-state index is -0.679. The number of rotatable bonds is 5. The molecule has 5 nitrogen and oxygen atoms in total. The van der Waals surface area contributed by atoms with Gasteiger partial charge in [-0.3, -0.25) is 9.69 Å². The van der Waals surface area contributed by atoms with Crippen molar-refractivity contribution in [1.29, 1.82) is 5.26 Å². The van der Waals surface area contributed by atoms with Gasteiger partial charge in [0, 0.05) is 19.3 Å². The first-order valence-electron chi connectivity index (χ1n) is 7.40. The van der Waals surface area contributed by atoms with Gasteiger partial charge in [-0.15, -0.1) is 0 Å². The Kier molecular flexibility index (Phi) is 4.92. The van der Waals surface area contributed by atoms with E-state index >= 15 is 0 Å². The molecular formula is C16H21N3O2. The van der Waals surface area contributed by atoms with Crippen LogP contribution in [0, 0.1) is 16.7 Å². The molecule has 0 radical (unpaired) electrons. The maximum absolute atomic E-state index is 11.7. The largest absolute Gasteiger partial charge is 0.481 e. The molecule has 0 bridgehead atoms. The number of pyridine rings is 1. The molecule has 0 amide bonds. The van der Waals surface area contributed by atoms with Crippen LogP contribution in [0.25, 0.3) is 0 Å². The lowest BCUT2D eigenvalue weighted by Crippen LogP contribution is -2.47. The Morgan fingerprint density at radius 2 is 2.43 bits per heavy atom. The molecule has 1 aromatic rings. The van der Waals surface area contributed by atoms with Crippen LogP contribution >= 0.6 is 0 Å². The molecular weight excluding hydrogens is 266 g/mol. The van der Waals surface area contributed by atoms with Gasteiger partial charge in [-0.05, 0) is 43.5 Å². The number of nitrogens with zero attached hydrogens (tertiary/aromatic N) is 3. The zero-order chi connectivity index (χ0) is 15.3. The number of carbonyl (C=O) groups is 1. The van der Waals surface area contributed by atoms with Crippen molar-refractivity contribution in [3.63, 3.8) is 0 Å². The van der Waals surface area contributed by atoms with Gasteiger partial charge in [0.15, 0.2) is 0 Å². The molecule has 0 aromatic carbocycles. The third kappa shape index (κ3) is 3.59. The minimum absolute atomic E-state index is 0.405. The lowest BCUT2D eigenvalue weighted by Gasteiger charge is -2.40. The van der Waals surface area contributed by atoms with Crippen LogP contribution in [0.4, 0.5) is 0 Å². The van der Waals surface area contributed by atoms with E-state index in [0.29, 0.717) is 18.8 Å². The van der Waals surface area contributed by atoms with Crippen molar-refractivity contribution in [2.24, 2.45) is 5.41 Å². The van der Waals surface area contributed by atoms with E-state index in [1.54, 1.807) is 12.3 Å². The Labute approximate surface area is 125 Å². The standard InChI is InChI=1S/C16H21N3O2/c1-2-5-16(15(20)21)6-3-8-19(12-16)11-13-4-7-18-14(9-13)10-17/h4,7,9H,2-3,5-6,8,11-12H2,1H3,(H,20,21). The van der Waals surface area contributed by atoms with Crippen LogP contribution in [0.2, 0.25) is 0 Å². The lowest BCUT2D eigenvalue weighted by atomic mass is 9.76. The molecule has 1 aliphatic rings. The van der Waals surface area contributed by atoms with Crippen LogP contribution in [-0.2, 0) is 11.3 Å². The van der Waals surface area contributed by atoms with Crippen LogP contribution in [0.1, 0.15) is 43.9 Å². The smallest absolute Gasteiger partial charge is 0.310 e. The fourth-order valence-corrected chi connectivity index (χ4v) is 3.22. The number of likely N-dealkylation sites (tertiary alicyclic amines) is 1. The van der Waals surface area contributed by atoms with Gasteiger partial charge in [-0.25, -0.2) is 4.98 Å². The summed E-state index contributed by atoms with van der Waals surface area (Å²) >= 11 is 0. The zero-order valence-electron chi connectivity index (χ0n) is 12.4. The highest BCUT2D eigenvalue weighted by Gasteiger charge is 2.41. The van der Waals surface area contributed by atoms with Crippen LogP contribution in [0.5, 0.6) is 0 Å². The highest BCUT2D eigenvalue weighted by molar-refractivity contribution is 5.75. The molecule has 0 spiro atoms. The van der Waals surface area contributed by atoms with Gasteiger partial charge in [0.25, 0.3) is 0 Å². The first-order chi connectivity index (χ1) is 10.1. The number of carboxylic acids is 1. The molecule has 0 saturated carbocycles. The van der Waals surface area contributed by atoms with Gasteiger partial charge in [-0.1, -0.05) is 13.3 Å². The maximum Gasteiger partial charge on any atom is 0.310 e. The number of hydrogen-bond donors (Lipinski definition) is 1. The third-order valence-electron chi connectivity index (χ3n) is 4.18. The molecule has 0 aliphatic carbocycles. The van der Waals surface area contributed by atoms with Gasteiger partial charge in [0.2, 0.25) is 0 Å². The van der Waals surface area contributed by atoms with Crippen LogP contribution < -0.4 is 0 Å². The van der Waals surface area contributed by atoms with Gasteiger partial charge in [0.1, 0.15) is 11.8 Å². The fourth-order valence-electron chi connectivity index (χ4n) is 3.22. The number of aromatic nitrogens is 1. The molecule has 1 atom stereocenters. The van der Waals surface area contributed by atoms with Crippen molar-refractivity contribution in [1.82, 2.24) is 9.88 Å². The molecule has 1 aliphatic heterocycles. The molecule has 1 N–H and O–H groups in total. The second kappa shape index (κ2) is 6.68. The number of hydrogen-bond acceptors (Lipinski definition) is 4. The number of carboxylic acid groups (broad SMARTS) is 1. The van der Waals surface area contributed by atoms with E-state index in [-0.39, 0.29) is 0 Å². The van der Waals surface area contributed by atoms with E-state index in [0.717, 1.165) is 37.8 Å². The van der Waals surface area contributed by atoms with Crippen LogP contribution in [0.15, 0.2) is 18.3 Å². The van der Waals surface area contributed by atoms with Crippen LogP contribution in [-0.4, -0.2) is 34.0 Å². The van der Waals surface area contributed by atoms with Gasteiger partial charge in [-0.2, -0.15) is 5.26 Å². The second-order valence-electron chi connectivity index (χ2n) is 5.81. The highest BCUT2D eigenvalue weighted by Crippen LogP contribution is 2.35. The monoisotopic (exact) mass is 287 g/mol. The molecule has 1 unspecified atom stereocenters. The summed E-state index contributed by atoms with van der Waals surface area (Å²) in [5.74, 6) is -0.679. The molecule has 21 heavy (non-hydrogen) atoms. The van der Waals surface area contributed by atoms with E-state index in [1.807, 2.05) is 19.1 Å². The third-order valence-corrected chi connectivity index (χ3v) is 4.18. The Hall–Kier alpha value is -1.93. The van der Waals surface area contributed by atoms with Crippen molar-refractivity contribution >= 4 is 5.97 Å². The Balaban J connectivity index is 2.10. The highest BCUT2D eigenvalue weighted by atomic mass is 16.4. The average molecular weight is 287 g/mol. The normalized spacial score (nSPS) is 22.7. The van der Waals surface area contributed by atoms with Crippen LogP contribution in [0.3, 0.4) is 0 Å². The molecule has 1 saturated heterocycles. The van der Waals surface area contributed by atoms with Crippen molar-refractivity contribution in [3.05, 3.63) is 29.6 Å². The molecule has 1 fully saturated rings. The van der Waals surface area contributed by atoms with E-state index in [4.69, 9.17) is 5.26 Å². The topological polar surface area (TPSA) is 77.2 Å². The Bertz CT molecular complexity index is 549. The number of piperidine rings is 1. The molecule has 2 heterocycles. The van der Waals surface area contributed by atoms with E-state index in [2.05, 4.69) is 9.88 Å². The summed E-state index contributed by atoms with van der Waals surface area (Å²) in [6.45, 7) is 4.20. The van der Waals surface area contributed by atoms with E-state index < -0.39 is 11.4 Å². The summed E-state index contributed by atoms with van der Waals surface area (Å²) in [4.78, 5) is 17.8. The summed E-state index contributed by atoms with van der Waals surface area (Å²) in [5.41, 5.74) is 0.805. The summed E-state index contributed by atoms with van der Waals surface area (Å²) < 4.78 is 0. The summed E-state index contributed by atoms with van der Waals surface area (Å²) in [5, 5.41) is 18.5. The average Bonchev–Trinajstić information content (AvgIpc) is 2.48. The van der Waals surface area contributed by atoms with Crippen molar-refractivity contribution in [2.45, 2.75) is 39.2 Å². The number of aliphatic carboxylic acids is 1. The molecule has 5 heteroatoms. The fraction of sp³-hybridized carbons (Fsp3) is 0.562. The quantitative estimate of drug-likeness (QED) is 0.900. The van der Waals surface area contributed by atoms with Crippen molar-refractivity contribution in [3.8, 4) is 6.07 Å². The first-order valence-corrected chi connectivity index (χ1v) is 7.40. The maximum atomic E-state index is 11.7.